The molecule has 1 N–H and O–H groups in total. The van der Waals surface area contributed by atoms with E-state index in [2.05, 4.69) is 38.2 Å². The number of carbonyl (C=O) groups is 2. The summed E-state index contributed by atoms with van der Waals surface area (Å²) in [6.45, 7) is 3.96. The second-order valence-electron chi connectivity index (χ2n) is 9.11. The van der Waals surface area contributed by atoms with Gasteiger partial charge in [0, 0.05) is 12.8 Å². The second-order valence-corrected chi connectivity index (χ2v) is 9.11. The minimum atomic E-state index is -0.809. The van der Waals surface area contributed by atoms with Crippen molar-refractivity contribution in [3.63, 3.8) is 0 Å². The van der Waals surface area contributed by atoms with Gasteiger partial charge < -0.3 is 14.6 Å². The molecular weight excluding hydrogens is 440 g/mol. The summed E-state index contributed by atoms with van der Waals surface area (Å²) in [4.78, 5) is 23.8. The van der Waals surface area contributed by atoms with Crippen molar-refractivity contribution in [3.05, 3.63) is 36.5 Å². The molecule has 0 saturated carbocycles. The first-order valence-corrected chi connectivity index (χ1v) is 14.0. The minimum absolute atomic E-state index is 0.112. The highest BCUT2D eigenvalue weighted by atomic mass is 16.6. The Kier molecular flexibility index (Phi) is 25.3. The molecule has 5 heteroatoms. The molecule has 0 radical (unpaired) electrons. The van der Waals surface area contributed by atoms with Crippen LogP contribution in [0.2, 0.25) is 0 Å². The average molecular weight is 493 g/mol. The fraction of sp³-hybridized carbons (Fsp3) is 0.733. The van der Waals surface area contributed by atoms with Gasteiger partial charge in [0.1, 0.15) is 6.61 Å². The maximum atomic E-state index is 11.9. The van der Waals surface area contributed by atoms with E-state index in [0.717, 1.165) is 19.3 Å². The SMILES string of the molecule is CCCCCC/C=C/CCC(=O)OC(CO)COC(=O)CC/C=C/C/C=C/CCCCCCCC. The van der Waals surface area contributed by atoms with E-state index in [-0.39, 0.29) is 38.0 Å². The molecule has 1 atom stereocenters. The Morgan fingerprint density at radius 1 is 0.657 bits per heavy atom. The van der Waals surface area contributed by atoms with Crippen LogP contribution in [0.25, 0.3) is 0 Å². The number of rotatable bonds is 24. The summed E-state index contributed by atoms with van der Waals surface area (Å²) < 4.78 is 10.4. The lowest BCUT2D eigenvalue weighted by molar-refractivity contribution is -0.161. The molecule has 0 aliphatic rings. The quantitative estimate of drug-likeness (QED) is 0.0846. The van der Waals surface area contributed by atoms with E-state index in [1.54, 1.807) is 0 Å². The molecule has 5 nitrogen and oxygen atoms in total. The van der Waals surface area contributed by atoms with E-state index in [9.17, 15) is 14.7 Å². The maximum Gasteiger partial charge on any atom is 0.306 e. The summed E-state index contributed by atoms with van der Waals surface area (Å²) in [6, 6.07) is 0. The highest BCUT2D eigenvalue weighted by Crippen LogP contribution is 2.08. The predicted molar refractivity (Wildman–Crippen MR) is 145 cm³/mol. The van der Waals surface area contributed by atoms with Gasteiger partial charge in [-0.25, -0.2) is 0 Å². The molecule has 35 heavy (non-hydrogen) atoms. The van der Waals surface area contributed by atoms with Crippen LogP contribution < -0.4 is 0 Å². The number of esters is 2. The fourth-order valence-electron chi connectivity index (χ4n) is 3.50. The van der Waals surface area contributed by atoms with E-state index in [4.69, 9.17) is 9.47 Å². The van der Waals surface area contributed by atoms with E-state index >= 15 is 0 Å². The molecule has 0 aliphatic heterocycles. The smallest absolute Gasteiger partial charge is 0.306 e. The summed E-state index contributed by atoms with van der Waals surface area (Å²) in [5, 5.41) is 9.40. The van der Waals surface area contributed by atoms with Crippen LogP contribution in [0.15, 0.2) is 36.5 Å². The van der Waals surface area contributed by atoms with Crippen molar-refractivity contribution in [1.82, 2.24) is 0 Å². The van der Waals surface area contributed by atoms with Crippen LogP contribution in [0.5, 0.6) is 0 Å². The van der Waals surface area contributed by atoms with Crippen molar-refractivity contribution < 1.29 is 24.2 Å². The van der Waals surface area contributed by atoms with E-state index in [0.29, 0.717) is 12.8 Å². The molecule has 0 fully saturated rings. The van der Waals surface area contributed by atoms with E-state index < -0.39 is 6.10 Å². The number of allylic oxidation sites excluding steroid dienone is 6. The molecule has 1 unspecified atom stereocenters. The number of carbonyl (C=O) groups excluding carboxylic acids is 2. The predicted octanol–water partition coefficient (Wildman–Crippen LogP) is 7.77. The Morgan fingerprint density at radius 3 is 1.77 bits per heavy atom. The normalized spacial score (nSPS) is 12.7. The molecule has 0 aromatic rings. The zero-order valence-electron chi connectivity index (χ0n) is 22.6. The van der Waals surface area contributed by atoms with Crippen LogP contribution in [0, 0.1) is 0 Å². The van der Waals surface area contributed by atoms with Crippen LogP contribution in [-0.4, -0.2) is 36.4 Å². The highest BCUT2D eigenvalue weighted by molar-refractivity contribution is 5.70. The number of hydrogen-bond donors (Lipinski definition) is 1. The summed E-state index contributed by atoms with van der Waals surface area (Å²) >= 11 is 0. The van der Waals surface area contributed by atoms with Gasteiger partial charge in [0.2, 0.25) is 0 Å². The van der Waals surface area contributed by atoms with Crippen molar-refractivity contribution in [2.45, 2.75) is 129 Å². The lowest BCUT2D eigenvalue weighted by Gasteiger charge is -2.15. The number of unbranched alkanes of at least 4 members (excludes halogenated alkanes) is 10. The standard InChI is InChI=1S/C30H52O5/c1-3-5-7-9-11-13-14-15-16-17-19-20-22-24-29(32)34-27-28(26-31)35-30(33)25-23-21-18-12-10-8-6-4-2/h15-16,18-21,28,31H,3-14,17,22-27H2,1-2H3/b16-15+,20-19+,21-18+. The van der Waals surface area contributed by atoms with Gasteiger partial charge in [-0.3, -0.25) is 9.59 Å². The van der Waals surface area contributed by atoms with Gasteiger partial charge in [-0.15, -0.1) is 0 Å². The first-order chi connectivity index (χ1) is 17.1. The highest BCUT2D eigenvalue weighted by Gasteiger charge is 2.15. The molecule has 0 aromatic carbocycles. The van der Waals surface area contributed by atoms with Crippen LogP contribution in [0.3, 0.4) is 0 Å². The van der Waals surface area contributed by atoms with Crippen LogP contribution >= 0.6 is 0 Å². The largest absolute Gasteiger partial charge is 0.462 e. The van der Waals surface area contributed by atoms with E-state index in [1.807, 2.05) is 12.2 Å². The Labute approximate surface area is 215 Å². The molecule has 0 spiro atoms. The minimum Gasteiger partial charge on any atom is -0.462 e. The van der Waals surface area contributed by atoms with Crippen molar-refractivity contribution in [1.29, 1.82) is 0 Å². The van der Waals surface area contributed by atoms with Crippen molar-refractivity contribution >= 4 is 11.9 Å². The molecule has 0 rings (SSSR count). The van der Waals surface area contributed by atoms with Crippen LogP contribution in [0.1, 0.15) is 123 Å². The van der Waals surface area contributed by atoms with Gasteiger partial charge in [-0.2, -0.15) is 0 Å². The first kappa shape index (κ1) is 33.1. The van der Waals surface area contributed by atoms with Crippen molar-refractivity contribution in [2.75, 3.05) is 13.2 Å². The van der Waals surface area contributed by atoms with Gasteiger partial charge in [0.05, 0.1) is 6.61 Å². The average Bonchev–Trinajstić information content (AvgIpc) is 2.86. The molecule has 0 aromatic heterocycles. The van der Waals surface area contributed by atoms with Crippen molar-refractivity contribution in [2.24, 2.45) is 0 Å². The number of hydrogen-bond acceptors (Lipinski definition) is 5. The van der Waals surface area contributed by atoms with Crippen LogP contribution in [0.4, 0.5) is 0 Å². The summed E-state index contributed by atoms with van der Waals surface area (Å²) in [7, 11) is 0. The zero-order valence-corrected chi connectivity index (χ0v) is 22.6. The van der Waals surface area contributed by atoms with Gasteiger partial charge in [-0.1, -0.05) is 102 Å². The Bertz CT molecular complexity index is 579. The lowest BCUT2D eigenvalue weighted by Crippen LogP contribution is -2.28. The molecule has 0 heterocycles. The van der Waals surface area contributed by atoms with Gasteiger partial charge in [-0.05, 0) is 44.9 Å². The van der Waals surface area contributed by atoms with Crippen molar-refractivity contribution in [3.8, 4) is 0 Å². The number of aliphatic hydroxyl groups excluding tert-OH is 1. The molecule has 0 bridgehead atoms. The number of ether oxygens (including phenoxy) is 2. The summed E-state index contributed by atoms with van der Waals surface area (Å²) in [5.74, 6) is -0.739. The molecule has 202 valence electrons. The van der Waals surface area contributed by atoms with Crippen LogP contribution in [-0.2, 0) is 19.1 Å². The third kappa shape index (κ3) is 25.0. The first-order valence-electron chi connectivity index (χ1n) is 14.0. The van der Waals surface area contributed by atoms with E-state index in [1.165, 1.54) is 64.2 Å². The fourth-order valence-corrected chi connectivity index (χ4v) is 3.50. The summed E-state index contributed by atoms with van der Waals surface area (Å²) in [6.07, 6.45) is 29.4. The molecule has 0 aliphatic carbocycles. The lowest BCUT2D eigenvalue weighted by atomic mass is 10.1. The van der Waals surface area contributed by atoms with Gasteiger partial charge in [0.25, 0.3) is 0 Å². The Hall–Kier alpha value is -1.88. The third-order valence-electron chi connectivity index (χ3n) is 5.68. The Balaban J connectivity index is 3.77. The monoisotopic (exact) mass is 492 g/mol. The molecule has 0 saturated heterocycles. The Morgan fingerprint density at radius 2 is 1.14 bits per heavy atom. The van der Waals surface area contributed by atoms with Gasteiger partial charge in [0.15, 0.2) is 6.10 Å². The van der Waals surface area contributed by atoms with Gasteiger partial charge >= 0.3 is 11.9 Å². The number of aliphatic hydroxyl groups is 1. The zero-order chi connectivity index (χ0) is 25.8. The molecular formula is C30H52O5. The maximum absolute atomic E-state index is 11.9. The summed E-state index contributed by atoms with van der Waals surface area (Å²) in [5.41, 5.74) is 0. The third-order valence-corrected chi connectivity index (χ3v) is 5.68. The topological polar surface area (TPSA) is 72.8 Å². The second kappa shape index (κ2) is 26.7. The molecule has 0 amide bonds.